The Hall–Kier alpha value is -5.29. The minimum Gasteiger partial charge on any atom is -0.481 e. The number of H-pyrrole nitrogens is 1. The number of rotatable bonds is 59. The zero-order chi connectivity index (χ0) is 64.6. The molecular formula is C66H112N6O16. The van der Waals surface area contributed by atoms with Gasteiger partial charge in [-0.1, -0.05) is 110 Å². The summed E-state index contributed by atoms with van der Waals surface area (Å²) in [7, 11) is 0. The number of hydrogen-bond donors (Lipinski definition) is 7. The number of carbonyl (C=O) groups is 10. The number of nitrogens with two attached hydrogens (primary N) is 1. The Labute approximate surface area is 523 Å². The van der Waals surface area contributed by atoms with Crippen LogP contribution in [0.4, 0.5) is 0 Å². The van der Waals surface area contributed by atoms with Gasteiger partial charge >= 0.3 is 11.9 Å². The molecule has 0 aromatic carbocycles. The molecule has 1 fully saturated rings. The van der Waals surface area contributed by atoms with Crippen molar-refractivity contribution in [3.8, 4) is 0 Å². The second-order valence-electron chi connectivity index (χ2n) is 24.8. The van der Waals surface area contributed by atoms with E-state index in [9.17, 15) is 53.1 Å². The van der Waals surface area contributed by atoms with Gasteiger partial charge in [0.2, 0.25) is 17.7 Å². The number of aromatic nitrogens is 2. The average molecular weight is 1250 g/mol. The predicted molar refractivity (Wildman–Crippen MR) is 334 cm³/mol. The Kier molecular flexibility index (Phi) is 44.3. The summed E-state index contributed by atoms with van der Waals surface area (Å²) in [5.74, 6) is -3.51. The number of ether oxygens (including phenoxy) is 4. The van der Waals surface area contributed by atoms with E-state index in [1.807, 2.05) is 0 Å². The third-order valence-electron chi connectivity index (χ3n) is 16.6. The molecule has 0 saturated heterocycles. The molecule has 2 rings (SSSR count). The minimum absolute atomic E-state index is 0.00170. The number of unbranched alkanes of at least 4 members (excludes halogenated alkanes) is 16. The number of carboxylic acids is 2. The summed E-state index contributed by atoms with van der Waals surface area (Å²) in [5, 5.41) is 26.6. The molecule has 0 unspecified atom stereocenters. The lowest BCUT2D eigenvalue weighted by molar-refractivity contribution is -0.143. The highest BCUT2D eigenvalue weighted by Gasteiger charge is 2.35. The highest BCUT2D eigenvalue weighted by Crippen LogP contribution is 2.33. The first-order valence-corrected chi connectivity index (χ1v) is 33.2. The molecule has 22 nitrogen and oxygen atoms in total. The molecule has 1 aromatic heterocycles. The molecule has 1 saturated carbocycles. The number of amides is 3. The maximum Gasteiger partial charge on any atom is 0.326 e. The van der Waals surface area contributed by atoms with Gasteiger partial charge < -0.3 is 55.8 Å². The van der Waals surface area contributed by atoms with Crippen LogP contribution in [0.5, 0.6) is 0 Å². The first kappa shape index (κ1) is 78.8. The van der Waals surface area contributed by atoms with Crippen molar-refractivity contribution in [2.75, 3.05) is 65.9 Å². The number of carbonyl (C=O) groups excluding carboxylic acids is 8. The average Bonchev–Trinajstić information content (AvgIpc) is 3.96. The molecule has 3 atom stereocenters. The molecule has 8 N–H and O–H groups in total. The molecule has 88 heavy (non-hydrogen) atoms. The largest absolute Gasteiger partial charge is 0.481 e. The van der Waals surface area contributed by atoms with Gasteiger partial charge in [-0.05, 0) is 83.5 Å². The lowest BCUT2D eigenvalue weighted by Gasteiger charge is -2.28. The molecule has 1 aliphatic carbocycles. The van der Waals surface area contributed by atoms with E-state index in [2.05, 4.69) is 25.9 Å². The van der Waals surface area contributed by atoms with E-state index in [0.29, 0.717) is 69.6 Å². The standard InChI is InChI=1S/C66H112N6O16/c1-50(73)53(43-60(77)66(2,3)45-59(76)57(67)44-54-46-68-49-71-54)23-20-21-35-69-61(78)47-88-42-40-86-38-36-70-62(79)48-87-41-39-85-37-22-25-56(75)33-34-58(65(83)84)72-64(82)52-30-27-51(28-31-52)29-32-55(74)24-18-16-14-12-10-8-6-4-5-7-9-11-13-15-17-19-26-63(80)81/h46,49,51-53,57-58H,4-45,47-48,67H2,1-3H3,(H,68,71)(H,69,78)(H,70,79)(H,72,82)(H,80,81)(H,83,84)/t51?,52?,53-,57+,58+/m1/s1. The van der Waals surface area contributed by atoms with Crippen molar-refractivity contribution in [1.29, 1.82) is 0 Å². The smallest absolute Gasteiger partial charge is 0.326 e. The number of aliphatic carboxylic acids is 2. The fraction of sp³-hybridized carbons (Fsp3) is 0.803. The number of ketones is 5. The Balaban J connectivity index is 1.38. The Morgan fingerprint density at radius 1 is 0.614 bits per heavy atom. The number of nitrogens with zero attached hydrogens (tertiary/aromatic N) is 1. The van der Waals surface area contributed by atoms with Crippen LogP contribution in [-0.2, 0) is 73.3 Å². The van der Waals surface area contributed by atoms with Crippen LogP contribution in [0.3, 0.4) is 0 Å². The summed E-state index contributed by atoms with van der Waals surface area (Å²) in [4.78, 5) is 130. The molecule has 1 aromatic rings. The quantitative estimate of drug-likeness (QED) is 0.0299. The number of imidazole rings is 1. The van der Waals surface area contributed by atoms with E-state index in [0.717, 1.165) is 57.1 Å². The van der Waals surface area contributed by atoms with E-state index >= 15 is 0 Å². The summed E-state index contributed by atoms with van der Waals surface area (Å²) >= 11 is 0. The SMILES string of the molecule is CC(=O)[C@H](CCCCNC(=O)COCCOCCNC(=O)COCCOCCCC(=O)CC[C@H](NC(=O)C1CCC(CCC(=O)CCCCCCCCCCCCCCCCCCC(=O)O)CC1)C(=O)O)CC(=O)C(C)(C)CC(=O)[C@@H](N)Cc1cnc[nH]1. The molecule has 502 valence electrons. The van der Waals surface area contributed by atoms with E-state index in [1.54, 1.807) is 20.0 Å². The van der Waals surface area contributed by atoms with Gasteiger partial charge in [0.05, 0.1) is 45.4 Å². The van der Waals surface area contributed by atoms with Crippen LogP contribution in [0.25, 0.3) is 0 Å². The second-order valence-corrected chi connectivity index (χ2v) is 24.8. The third-order valence-corrected chi connectivity index (χ3v) is 16.6. The zero-order valence-electron chi connectivity index (χ0n) is 53.8. The second kappa shape index (κ2) is 49.5. The molecule has 0 bridgehead atoms. The Morgan fingerprint density at radius 3 is 1.68 bits per heavy atom. The summed E-state index contributed by atoms with van der Waals surface area (Å²) < 4.78 is 21.7. The Bertz CT molecular complexity index is 2150. The van der Waals surface area contributed by atoms with Crippen molar-refractivity contribution in [2.45, 2.75) is 251 Å². The monoisotopic (exact) mass is 1240 g/mol. The van der Waals surface area contributed by atoms with Gasteiger partial charge in [0.1, 0.15) is 42.4 Å². The van der Waals surface area contributed by atoms with Crippen LogP contribution in [-0.4, -0.2) is 157 Å². The normalized spacial score (nSPS) is 15.2. The van der Waals surface area contributed by atoms with Crippen molar-refractivity contribution < 1.29 is 77.1 Å². The minimum atomic E-state index is -1.18. The maximum absolute atomic E-state index is 13.2. The van der Waals surface area contributed by atoms with Crippen molar-refractivity contribution in [2.24, 2.45) is 28.9 Å². The zero-order valence-corrected chi connectivity index (χ0v) is 53.8. The van der Waals surface area contributed by atoms with Crippen molar-refractivity contribution >= 4 is 58.6 Å². The maximum atomic E-state index is 13.2. The first-order valence-electron chi connectivity index (χ1n) is 33.2. The van der Waals surface area contributed by atoms with E-state index < -0.39 is 35.4 Å². The fourth-order valence-electron chi connectivity index (χ4n) is 10.9. The van der Waals surface area contributed by atoms with Crippen molar-refractivity contribution in [3.05, 3.63) is 18.2 Å². The fourth-order valence-corrected chi connectivity index (χ4v) is 10.9. The van der Waals surface area contributed by atoms with Gasteiger partial charge in [0, 0.05) is 100 Å². The number of hydrogen-bond acceptors (Lipinski definition) is 16. The summed E-state index contributed by atoms with van der Waals surface area (Å²) in [6.45, 7) is 6.38. The van der Waals surface area contributed by atoms with Crippen LogP contribution < -0.4 is 21.7 Å². The van der Waals surface area contributed by atoms with Gasteiger partial charge in [0.25, 0.3) is 0 Å². The number of carboxylic acid groups (broad SMARTS) is 2. The molecule has 22 heteroatoms. The molecule has 0 spiro atoms. The molecule has 0 radical (unpaired) electrons. The first-order chi connectivity index (χ1) is 42.3. The van der Waals surface area contributed by atoms with Crippen LogP contribution in [0.2, 0.25) is 0 Å². The molecule has 1 aliphatic rings. The summed E-state index contributed by atoms with van der Waals surface area (Å²) in [5.41, 5.74) is 5.83. The number of aromatic amines is 1. The van der Waals surface area contributed by atoms with Gasteiger partial charge in [-0.3, -0.25) is 43.2 Å². The highest BCUT2D eigenvalue weighted by atomic mass is 16.5. The molecule has 0 aliphatic heterocycles. The topological polar surface area (TPSA) is 339 Å². The lowest BCUT2D eigenvalue weighted by Crippen LogP contribution is -2.44. The third kappa shape index (κ3) is 41.1. The van der Waals surface area contributed by atoms with E-state index in [4.69, 9.17) is 29.8 Å². The van der Waals surface area contributed by atoms with Gasteiger partial charge in [-0.25, -0.2) is 9.78 Å². The van der Waals surface area contributed by atoms with E-state index in [1.165, 1.54) is 83.9 Å². The van der Waals surface area contributed by atoms with Crippen molar-refractivity contribution in [3.63, 3.8) is 0 Å². The van der Waals surface area contributed by atoms with Crippen LogP contribution in [0.1, 0.15) is 238 Å². The molecular weight excluding hydrogens is 1130 g/mol. The van der Waals surface area contributed by atoms with Gasteiger partial charge in [-0.2, -0.15) is 0 Å². The Morgan fingerprint density at radius 2 is 1.14 bits per heavy atom. The van der Waals surface area contributed by atoms with E-state index in [-0.39, 0.29) is 151 Å². The van der Waals surface area contributed by atoms with Gasteiger partial charge in [0.15, 0.2) is 5.78 Å². The summed E-state index contributed by atoms with van der Waals surface area (Å²) in [6, 6.07) is -1.93. The predicted octanol–water partition coefficient (Wildman–Crippen LogP) is 8.86. The summed E-state index contributed by atoms with van der Waals surface area (Å²) in [6.07, 6.45) is 29.9. The highest BCUT2D eigenvalue weighted by molar-refractivity contribution is 5.94. The molecule has 3 amide bonds. The van der Waals surface area contributed by atoms with Crippen molar-refractivity contribution in [1.82, 2.24) is 25.9 Å². The molecule has 1 heterocycles. The lowest BCUT2D eigenvalue weighted by atomic mass is 9.77. The van der Waals surface area contributed by atoms with Crippen LogP contribution in [0.15, 0.2) is 12.5 Å². The number of Topliss-reactive ketones (excluding diaryl/α,β-unsaturated/α-hetero) is 5. The van der Waals surface area contributed by atoms with Gasteiger partial charge in [-0.15, -0.1) is 0 Å². The van der Waals surface area contributed by atoms with Crippen LogP contribution >= 0.6 is 0 Å². The van der Waals surface area contributed by atoms with Crippen LogP contribution in [0, 0.1) is 23.2 Å². The number of nitrogens with one attached hydrogen (secondary N) is 4.